The van der Waals surface area contributed by atoms with Gasteiger partial charge in [0.15, 0.2) is 0 Å². The molecular formula is C9H17NO. The predicted octanol–water partition coefficient (Wildman–Crippen LogP) is 1.21. The molecule has 1 saturated carbocycles. The quantitative estimate of drug-likeness (QED) is 0.646. The van der Waals surface area contributed by atoms with E-state index in [9.17, 15) is 4.79 Å². The van der Waals surface area contributed by atoms with Gasteiger partial charge >= 0.3 is 0 Å². The van der Waals surface area contributed by atoms with Crippen LogP contribution in [0.1, 0.15) is 26.7 Å². The van der Waals surface area contributed by atoms with Gasteiger partial charge in [-0.2, -0.15) is 0 Å². The fourth-order valence-electron chi connectivity index (χ4n) is 1.23. The number of carbonyl (C=O) groups excluding carboxylic acids is 1. The molecule has 0 spiro atoms. The van der Waals surface area contributed by atoms with E-state index >= 15 is 0 Å². The first-order chi connectivity index (χ1) is 5.25. The molecule has 1 aliphatic carbocycles. The number of Topliss-reactive ketones (excluding diaryl/α,β-unsaturated/α-hetero) is 1. The van der Waals surface area contributed by atoms with E-state index in [1.165, 1.54) is 0 Å². The second-order valence-electron chi connectivity index (χ2n) is 3.39. The molecule has 2 heteroatoms. The summed E-state index contributed by atoms with van der Waals surface area (Å²) in [5, 5.41) is 3.19. The Morgan fingerprint density at radius 3 is 2.73 bits per heavy atom. The maximum absolute atomic E-state index is 11.4. The van der Waals surface area contributed by atoms with Gasteiger partial charge in [-0.3, -0.25) is 4.79 Å². The number of ketones is 1. The number of hydrogen-bond acceptors (Lipinski definition) is 2. The minimum atomic E-state index is 0.224. The van der Waals surface area contributed by atoms with Crippen LogP contribution in [0.3, 0.4) is 0 Å². The maximum atomic E-state index is 11.4. The van der Waals surface area contributed by atoms with Crippen LogP contribution in [0.15, 0.2) is 0 Å². The van der Waals surface area contributed by atoms with Gasteiger partial charge in [-0.1, -0.05) is 13.8 Å². The minimum Gasteiger partial charge on any atom is -0.316 e. The van der Waals surface area contributed by atoms with Crippen LogP contribution in [-0.2, 0) is 4.79 Å². The summed E-state index contributed by atoms with van der Waals surface area (Å²) >= 11 is 0. The molecule has 0 saturated heterocycles. The number of hydrogen-bond donors (Lipinski definition) is 1. The molecule has 64 valence electrons. The first kappa shape index (κ1) is 8.72. The number of carbonyl (C=O) groups is 1. The fourth-order valence-corrected chi connectivity index (χ4v) is 1.23. The van der Waals surface area contributed by atoms with Crippen LogP contribution in [-0.4, -0.2) is 18.9 Å². The van der Waals surface area contributed by atoms with E-state index in [2.05, 4.69) is 12.2 Å². The van der Waals surface area contributed by atoms with Crippen molar-refractivity contribution in [3.05, 3.63) is 0 Å². The van der Waals surface area contributed by atoms with Crippen molar-refractivity contribution in [3.8, 4) is 0 Å². The van der Waals surface area contributed by atoms with Crippen molar-refractivity contribution in [2.45, 2.75) is 26.7 Å². The van der Waals surface area contributed by atoms with Gasteiger partial charge in [0, 0.05) is 18.4 Å². The molecule has 1 aliphatic rings. The summed E-state index contributed by atoms with van der Waals surface area (Å²) in [4.78, 5) is 11.4. The Balaban J connectivity index is 2.16. The smallest absolute Gasteiger partial charge is 0.140 e. The Labute approximate surface area is 68.4 Å². The Morgan fingerprint density at radius 2 is 2.27 bits per heavy atom. The molecular weight excluding hydrogens is 138 g/mol. The average Bonchev–Trinajstić information content (AvgIpc) is 2.81. The molecule has 11 heavy (non-hydrogen) atoms. The molecule has 0 heterocycles. The first-order valence-electron chi connectivity index (χ1n) is 4.50. The van der Waals surface area contributed by atoms with Crippen LogP contribution in [0.4, 0.5) is 0 Å². The summed E-state index contributed by atoms with van der Waals surface area (Å²) in [6.45, 7) is 5.89. The van der Waals surface area contributed by atoms with Crippen molar-refractivity contribution in [3.63, 3.8) is 0 Å². The summed E-state index contributed by atoms with van der Waals surface area (Å²) in [5.74, 6) is 1.11. The molecule has 0 radical (unpaired) electrons. The maximum Gasteiger partial charge on any atom is 0.140 e. The van der Waals surface area contributed by atoms with Gasteiger partial charge in [0.1, 0.15) is 5.78 Å². The van der Waals surface area contributed by atoms with Crippen LogP contribution in [0.2, 0.25) is 0 Å². The summed E-state index contributed by atoms with van der Waals surface area (Å²) in [5.41, 5.74) is 0. The normalized spacial score (nSPS) is 19.8. The van der Waals surface area contributed by atoms with Crippen LogP contribution in [0, 0.1) is 11.8 Å². The molecule has 0 aromatic rings. The molecule has 0 aliphatic heterocycles. The Hall–Kier alpha value is -0.370. The fraction of sp³-hybridized carbons (Fsp3) is 0.889. The minimum absolute atomic E-state index is 0.224. The molecule has 2 nitrogen and oxygen atoms in total. The van der Waals surface area contributed by atoms with Crippen LogP contribution < -0.4 is 5.32 Å². The van der Waals surface area contributed by atoms with E-state index in [-0.39, 0.29) is 5.92 Å². The Morgan fingerprint density at radius 1 is 1.64 bits per heavy atom. The summed E-state index contributed by atoms with van der Waals surface area (Å²) < 4.78 is 0. The highest BCUT2D eigenvalue weighted by atomic mass is 16.1. The van der Waals surface area contributed by atoms with Crippen LogP contribution >= 0.6 is 0 Å². The molecule has 1 N–H and O–H groups in total. The lowest BCUT2D eigenvalue weighted by Gasteiger charge is -2.08. The largest absolute Gasteiger partial charge is 0.316 e. The van der Waals surface area contributed by atoms with E-state index in [0.717, 1.165) is 25.9 Å². The zero-order valence-electron chi connectivity index (χ0n) is 7.39. The van der Waals surface area contributed by atoms with Crippen molar-refractivity contribution in [2.75, 3.05) is 13.1 Å². The molecule has 1 rings (SSSR count). The molecule has 0 bridgehead atoms. The van der Waals surface area contributed by atoms with Gasteiger partial charge in [-0.25, -0.2) is 0 Å². The highest BCUT2D eigenvalue weighted by molar-refractivity contribution is 5.85. The molecule has 0 aromatic heterocycles. The molecule has 0 amide bonds. The summed E-state index contributed by atoms with van der Waals surface area (Å²) in [6.07, 6.45) is 2.27. The van der Waals surface area contributed by atoms with Crippen molar-refractivity contribution >= 4 is 5.78 Å². The zero-order valence-corrected chi connectivity index (χ0v) is 7.39. The van der Waals surface area contributed by atoms with Crippen LogP contribution in [0.25, 0.3) is 0 Å². The Bertz CT molecular complexity index is 140. The van der Waals surface area contributed by atoms with Crippen molar-refractivity contribution < 1.29 is 4.79 Å². The lowest BCUT2D eigenvalue weighted by Crippen LogP contribution is -2.27. The second-order valence-corrected chi connectivity index (χ2v) is 3.39. The summed E-state index contributed by atoms with van der Waals surface area (Å²) in [6, 6.07) is 0. The standard InChI is InChI=1S/C9H17NO/c1-3-10-6-7(2)9(11)8-4-5-8/h7-8,10H,3-6H2,1-2H3. The van der Waals surface area contributed by atoms with Gasteiger partial charge in [0.2, 0.25) is 0 Å². The number of nitrogens with one attached hydrogen (secondary N) is 1. The van der Waals surface area contributed by atoms with Gasteiger partial charge in [0.05, 0.1) is 0 Å². The van der Waals surface area contributed by atoms with Gasteiger partial charge in [0.25, 0.3) is 0 Å². The third kappa shape index (κ3) is 2.62. The van der Waals surface area contributed by atoms with Crippen LogP contribution in [0.5, 0.6) is 0 Å². The molecule has 1 atom stereocenters. The van der Waals surface area contributed by atoms with E-state index in [1.54, 1.807) is 0 Å². The zero-order chi connectivity index (χ0) is 8.27. The monoisotopic (exact) mass is 155 g/mol. The second kappa shape index (κ2) is 3.86. The number of rotatable bonds is 5. The topological polar surface area (TPSA) is 29.1 Å². The highest BCUT2D eigenvalue weighted by Gasteiger charge is 2.32. The van der Waals surface area contributed by atoms with Gasteiger partial charge in [-0.05, 0) is 19.4 Å². The third-order valence-electron chi connectivity index (χ3n) is 2.17. The van der Waals surface area contributed by atoms with E-state index in [4.69, 9.17) is 0 Å². The SMILES string of the molecule is CCNCC(C)C(=O)C1CC1. The van der Waals surface area contributed by atoms with E-state index in [1.807, 2.05) is 6.92 Å². The highest BCUT2D eigenvalue weighted by Crippen LogP contribution is 2.32. The lowest BCUT2D eigenvalue weighted by molar-refractivity contribution is -0.123. The molecule has 0 aromatic carbocycles. The van der Waals surface area contributed by atoms with Gasteiger partial charge in [-0.15, -0.1) is 0 Å². The predicted molar refractivity (Wildman–Crippen MR) is 45.4 cm³/mol. The van der Waals surface area contributed by atoms with Gasteiger partial charge < -0.3 is 5.32 Å². The lowest BCUT2D eigenvalue weighted by atomic mass is 10.0. The van der Waals surface area contributed by atoms with Crippen molar-refractivity contribution in [1.29, 1.82) is 0 Å². The Kier molecular flexibility index (Phi) is 3.06. The average molecular weight is 155 g/mol. The van der Waals surface area contributed by atoms with Crippen molar-refractivity contribution in [2.24, 2.45) is 11.8 Å². The molecule has 1 fully saturated rings. The first-order valence-corrected chi connectivity index (χ1v) is 4.50. The van der Waals surface area contributed by atoms with E-state index in [0.29, 0.717) is 11.7 Å². The van der Waals surface area contributed by atoms with E-state index < -0.39 is 0 Å². The third-order valence-corrected chi connectivity index (χ3v) is 2.17. The molecule has 1 unspecified atom stereocenters. The summed E-state index contributed by atoms with van der Waals surface area (Å²) in [7, 11) is 0. The van der Waals surface area contributed by atoms with Crippen molar-refractivity contribution in [1.82, 2.24) is 5.32 Å².